The first-order valence-electron chi connectivity index (χ1n) is 7.62. The molecule has 7 heteroatoms. The summed E-state index contributed by atoms with van der Waals surface area (Å²) in [5, 5.41) is 23.2. The number of hydrogen-bond acceptors (Lipinski definition) is 5. The molecule has 7 nitrogen and oxygen atoms in total. The van der Waals surface area contributed by atoms with Gasteiger partial charge in [-0.15, -0.1) is 0 Å². The molecule has 0 aliphatic carbocycles. The molecule has 0 saturated carbocycles. The molecule has 0 radical (unpaired) electrons. The summed E-state index contributed by atoms with van der Waals surface area (Å²) in [6.07, 6.45) is 1.40. The van der Waals surface area contributed by atoms with Gasteiger partial charge in [-0.3, -0.25) is 4.79 Å². The number of nitrogens with zero attached hydrogens (tertiary/aromatic N) is 3. The van der Waals surface area contributed by atoms with E-state index in [9.17, 15) is 15.1 Å². The van der Waals surface area contributed by atoms with E-state index in [0.29, 0.717) is 16.9 Å². The first-order chi connectivity index (χ1) is 11.3. The van der Waals surface area contributed by atoms with Gasteiger partial charge in [-0.25, -0.2) is 4.98 Å². The van der Waals surface area contributed by atoms with Crippen LogP contribution in [0.4, 0.5) is 0 Å². The number of aromatic nitrogens is 3. The SMILES string of the molecule is CC(=O)OCc1nc2c[n+]([O-])c3ccccc3c2n1CC(C)(C)O. The van der Waals surface area contributed by atoms with Crippen molar-refractivity contribution in [1.29, 1.82) is 0 Å². The first-order valence-corrected chi connectivity index (χ1v) is 7.62. The number of esters is 1. The van der Waals surface area contributed by atoms with Crippen molar-refractivity contribution in [1.82, 2.24) is 9.55 Å². The van der Waals surface area contributed by atoms with Gasteiger partial charge in [0.25, 0.3) is 0 Å². The summed E-state index contributed by atoms with van der Waals surface area (Å²) >= 11 is 0. The summed E-state index contributed by atoms with van der Waals surface area (Å²) in [6.45, 7) is 4.94. The van der Waals surface area contributed by atoms with Crippen LogP contribution < -0.4 is 4.73 Å². The Morgan fingerprint density at radius 3 is 2.79 bits per heavy atom. The third kappa shape index (κ3) is 3.03. The van der Waals surface area contributed by atoms with Crippen molar-refractivity contribution in [2.45, 2.75) is 39.5 Å². The molecule has 0 amide bonds. The molecule has 0 bridgehead atoms. The standard InChI is InChI=1S/C17H19N3O4/c1-11(21)24-9-15-18-13-8-20(23)14-7-5-4-6-12(14)16(13)19(15)10-17(2,3)22/h4-8,22H,9-10H2,1-3H3. The Labute approximate surface area is 138 Å². The molecule has 3 aromatic rings. The zero-order valence-electron chi connectivity index (χ0n) is 13.8. The summed E-state index contributed by atoms with van der Waals surface area (Å²) in [7, 11) is 0. The maximum Gasteiger partial charge on any atom is 0.303 e. The van der Waals surface area contributed by atoms with Crippen LogP contribution in [-0.4, -0.2) is 26.2 Å². The average molecular weight is 329 g/mol. The predicted octanol–water partition coefficient (Wildman–Crippen LogP) is 1.66. The highest BCUT2D eigenvalue weighted by atomic mass is 16.5. The molecule has 0 atom stereocenters. The molecule has 0 spiro atoms. The van der Waals surface area contributed by atoms with E-state index in [4.69, 9.17) is 4.74 Å². The maximum atomic E-state index is 12.2. The Balaban J connectivity index is 2.29. The van der Waals surface area contributed by atoms with Crippen molar-refractivity contribution in [2.24, 2.45) is 0 Å². The molecule has 0 unspecified atom stereocenters. The van der Waals surface area contributed by atoms with E-state index in [1.165, 1.54) is 13.1 Å². The van der Waals surface area contributed by atoms with Gasteiger partial charge in [0.15, 0.2) is 5.52 Å². The minimum atomic E-state index is -0.997. The van der Waals surface area contributed by atoms with E-state index in [-0.39, 0.29) is 13.2 Å². The van der Waals surface area contributed by atoms with Crippen LogP contribution in [0.15, 0.2) is 30.5 Å². The lowest BCUT2D eigenvalue weighted by Gasteiger charge is -2.20. The van der Waals surface area contributed by atoms with Crippen LogP contribution in [0.1, 0.15) is 26.6 Å². The second-order valence-electron chi connectivity index (χ2n) is 6.41. The molecular formula is C17H19N3O4. The molecule has 0 aliphatic rings. The van der Waals surface area contributed by atoms with Crippen LogP contribution in [0.3, 0.4) is 0 Å². The lowest BCUT2D eigenvalue weighted by atomic mass is 10.1. The van der Waals surface area contributed by atoms with Gasteiger partial charge >= 0.3 is 5.97 Å². The number of hydrogen-bond donors (Lipinski definition) is 1. The highest BCUT2D eigenvalue weighted by molar-refractivity contribution is 6.00. The summed E-state index contributed by atoms with van der Waals surface area (Å²) < 4.78 is 7.64. The number of imidazole rings is 1. The van der Waals surface area contributed by atoms with Crippen molar-refractivity contribution in [2.75, 3.05) is 0 Å². The van der Waals surface area contributed by atoms with Crippen LogP contribution in [0.5, 0.6) is 0 Å². The Hall–Kier alpha value is -2.67. The third-order valence-electron chi connectivity index (χ3n) is 3.66. The van der Waals surface area contributed by atoms with Crippen LogP contribution >= 0.6 is 0 Å². The van der Waals surface area contributed by atoms with E-state index >= 15 is 0 Å². The fourth-order valence-electron chi connectivity index (χ4n) is 2.77. The molecule has 24 heavy (non-hydrogen) atoms. The fraction of sp³-hybridized carbons (Fsp3) is 0.353. The van der Waals surface area contributed by atoms with Gasteiger partial charge in [-0.05, 0) is 19.9 Å². The zero-order chi connectivity index (χ0) is 17.5. The molecule has 1 N–H and O–H groups in total. The molecule has 0 aliphatic heterocycles. The largest absolute Gasteiger partial charge is 0.618 e. The van der Waals surface area contributed by atoms with Crippen molar-refractivity contribution in [3.8, 4) is 0 Å². The van der Waals surface area contributed by atoms with Crippen LogP contribution in [0.25, 0.3) is 21.9 Å². The molecule has 1 aromatic carbocycles. The fourth-order valence-corrected chi connectivity index (χ4v) is 2.77. The van der Waals surface area contributed by atoms with Crippen molar-refractivity contribution in [3.63, 3.8) is 0 Å². The molecule has 2 heterocycles. The van der Waals surface area contributed by atoms with Gasteiger partial charge in [-0.1, -0.05) is 12.1 Å². The molecule has 2 aromatic heterocycles. The number of benzene rings is 1. The number of para-hydroxylation sites is 1. The van der Waals surface area contributed by atoms with Crippen molar-refractivity contribution in [3.05, 3.63) is 41.5 Å². The highest BCUT2D eigenvalue weighted by Gasteiger charge is 2.23. The van der Waals surface area contributed by atoms with Gasteiger partial charge in [0.05, 0.1) is 23.0 Å². The summed E-state index contributed by atoms with van der Waals surface area (Å²) in [5.41, 5.74) is 0.751. The summed E-state index contributed by atoms with van der Waals surface area (Å²) in [5.74, 6) is 0.0688. The monoisotopic (exact) mass is 329 g/mol. The minimum Gasteiger partial charge on any atom is -0.618 e. The smallest absolute Gasteiger partial charge is 0.303 e. The predicted molar refractivity (Wildman–Crippen MR) is 88.0 cm³/mol. The molecule has 126 valence electrons. The number of aliphatic hydroxyl groups is 1. The van der Waals surface area contributed by atoms with E-state index in [2.05, 4.69) is 4.98 Å². The Kier molecular flexibility index (Phi) is 3.88. The quantitative estimate of drug-likeness (QED) is 0.446. The number of carbonyl (C=O) groups is 1. The minimum absolute atomic E-state index is 0.0206. The zero-order valence-corrected chi connectivity index (χ0v) is 13.8. The van der Waals surface area contributed by atoms with Gasteiger partial charge in [0.1, 0.15) is 12.4 Å². The average Bonchev–Trinajstić information content (AvgIpc) is 2.81. The second-order valence-corrected chi connectivity index (χ2v) is 6.41. The van der Waals surface area contributed by atoms with Crippen LogP contribution in [0, 0.1) is 5.21 Å². The first kappa shape index (κ1) is 16.2. The molecule has 3 rings (SSSR count). The lowest BCUT2D eigenvalue weighted by molar-refractivity contribution is -0.575. The van der Waals surface area contributed by atoms with Gasteiger partial charge in [-0.2, -0.15) is 4.73 Å². The molecule has 0 fully saturated rings. The second kappa shape index (κ2) is 5.76. The molecule has 0 saturated heterocycles. The summed E-state index contributed by atoms with van der Waals surface area (Å²) in [6, 6.07) is 7.20. The number of rotatable bonds is 4. The number of ether oxygens (including phenoxy) is 1. The van der Waals surface area contributed by atoms with Gasteiger partial charge in [0, 0.05) is 13.0 Å². The van der Waals surface area contributed by atoms with E-state index in [0.717, 1.165) is 15.6 Å². The number of fused-ring (bicyclic) bond motifs is 3. The van der Waals surface area contributed by atoms with Crippen molar-refractivity contribution >= 4 is 27.9 Å². The number of pyridine rings is 1. The van der Waals surface area contributed by atoms with E-state index in [1.54, 1.807) is 30.5 Å². The third-order valence-corrected chi connectivity index (χ3v) is 3.66. The Morgan fingerprint density at radius 2 is 2.12 bits per heavy atom. The maximum absolute atomic E-state index is 12.2. The normalized spacial score (nSPS) is 12.0. The lowest BCUT2D eigenvalue weighted by Crippen LogP contribution is -2.28. The van der Waals surface area contributed by atoms with Crippen LogP contribution in [0.2, 0.25) is 0 Å². The number of carbonyl (C=O) groups excluding carboxylic acids is 1. The Bertz CT molecular complexity index is 925. The van der Waals surface area contributed by atoms with E-state index in [1.807, 2.05) is 12.1 Å². The summed E-state index contributed by atoms with van der Waals surface area (Å²) in [4.78, 5) is 15.6. The van der Waals surface area contributed by atoms with Gasteiger partial charge < -0.3 is 19.6 Å². The highest BCUT2D eigenvalue weighted by Crippen LogP contribution is 2.26. The van der Waals surface area contributed by atoms with Crippen LogP contribution in [-0.2, 0) is 22.7 Å². The van der Waals surface area contributed by atoms with E-state index < -0.39 is 11.6 Å². The topological polar surface area (TPSA) is 91.3 Å². The Morgan fingerprint density at radius 1 is 1.42 bits per heavy atom. The molecular weight excluding hydrogens is 310 g/mol. The van der Waals surface area contributed by atoms with Crippen molar-refractivity contribution < 1.29 is 19.4 Å². The van der Waals surface area contributed by atoms with Gasteiger partial charge in [0.2, 0.25) is 11.7 Å².